The summed E-state index contributed by atoms with van der Waals surface area (Å²) >= 11 is 0.0556. The molecule has 0 heterocycles. The van der Waals surface area contributed by atoms with Crippen LogP contribution < -0.4 is 0 Å². The minimum atomic E-state index is 0. The van der Waals surface area contributed by atoms with E-state index < -0.39 is 0 Å². The molecule has 10 N–H and O–H groups in total. The van der Waals surface area contributed by atoms with Crippen molar-refractivity contribution in [2.45, 2.75) is 0 Å². The van der Waals surface area contributed by atoms with E-state index in [1.807, 2.05) is 0 Å². The summed E-state index contributed by atoms with van der Waals surface area (Å²) in [6.45, 7) is 0. The van der Waals surface area contributed by atoms with Gasteiger partial charge in [-0.2, -0.15) is 0 Å². The van der Waals surface area contributed by atoms with E-state index in [9.17, 15) is 0 Å². The van der Waals surface area contributed by atoms with E-state index >= 15 is 0 Å². The van der Waals surface area contributed by atoms with Gasteiger partial charge in [-0.15, -0.1) is 0 Å². The Balaban J connectivity index is -0.000000000500. The van der Waals surface area contributed by atoms with Gasteiger partial charge in [0.1, 0.15) is 0 Å². The second-order valence-electron chi connectivity index (χ2n) is 0. The summed E-state index contributed by atoms with van der Waals surface area (Å²) in [6, 6.07) is 0. The third kappa shape index (κ3) is 558. The van der Waals surface area contributed by atoms with Gasteiger partial charge in [0.2, 0.25) is 0 Å². The first kappa shape index (κ1) is 143. The molecule has 0 bridgehead atoms. The molecule has 0 aromatic heterocycles. The molecule has 0 amide bonds. The van der Waals surface area contributed by atoms with Gasteiger partial charge in [-0.05, 0) is 0 Å². The second kappa shape index (κ2) is 835. The van der Waals surface area contributed by atoms with Crippen LogP contribution in [0.25, 0.3) is 0 Å². The minimum absolute atomic E-state index is 0. The first-order valence-corrected chi connectivity index (χ1v) is 1.79. The van der Waals surface area contributed by atoms with Crippen LogP contribution in [0.2, 0.25) is 0 Å². The topological polar surface area (TPSA) is 175 Å². The summed E-state index contributed by atoms with van der Waals surface area (Å²) in [7, 11) is 0. The Morgan fingerprint density at radius 1 is 0.571 bits per heavy atom. The molecular formula is H11BiO6. The van der Waals surface area contributed by atoms with Crippen molar-refractivity contribution >= 4 is 24.7 Å². The van der Waals surface area contributed by atoms with E-state index in [2.05, 4.69) is 0 Å². The van der Waals surface area contributed by atoms with Crippen molar-refractivity contribution in [1.29, 1.82) is 0 Å². The second-order valence-corrected chi connectivity index (χ2v) is 0. The predicted molar refractivity (Wildman–Crippen MR) is 25.9 cm³/mol. The fourth-order valence-corrected chi connectivity index (χ4v) is 0. The molecule has 0 unspecified atom stereocenters. The van der Waals surface area contributed by atoms with Gasteiger partial charge in [-0.1, -0.05) is 0 Å². The van der Waals surface area contributed by atoms with Gasteiger partial charge >= 0.3 is 27.5 Å². The molecule has 0 saturated heterocycles. The van der Waals surface area contributed by atoms with Crippen molar-refractivity contribution in [2.75, 3.05) is 0 Å². The summed E-state index contributed by atoms with van der Waals surface area (Å²) in [4.78, 5) is 0. The Morgan fingerprint density at radius 2 is 0.571 bits per heavy atom. The maximum atomic E-state index is 8.39. The predicted octanol–water partition coefficient (Wildman–Crippen LogP) is -4.89. The summed E-state index contributed by atoms with van der Waals surface area (Å²) in [5, 5.41) is 0. The molecule has 7 heavy (non-hydrogen) atoms. The molecule has 6 nitrogen and oxygen atoms in total. The van der Waals surface area contributed by atoms with Gasteiger partial charge in [0.15, 0.2) is 0 Å². The third-order valence-corrected chi connectivity index (χ3v) is 0. The average Bonchev–Trinajstić information content (AvgIpc) is 1.00. The van der Waals surface area contributed by atoms with Crippen molar-refractivity contribution in [3.05, 3.63) is 0 Å². The normalized spacial score (nSPS) is 0.571. The zero-order valence-corrected chi connectivity index (χ0v) is 7.30. The molecule has 52 valence electrons. The van der Waals surface area contributed by atoms with Crippen LogP contribution in [0.5, 0.6) is 0 Å². The monoisotopic (exact) mass is 316 g/mol. The molecule has 0 aromatic carbocycles. The van der Waals surface area contributed by atoms with Gasteiger partial charge < -0.3 is 27.4 Å². The van der Waals surface area contributed by atoms with Crippen LogP contribution in [-0.4, -0.2) is 52.1 Å². The van der Waals surface area contributed by atoms with Crippen molar-refractivity contribution in [2.24, 2.45) is 0 Å². The van der Waals surface area contributed by atoms with Crippen molar-refractivity contribution in [3.63, 3.8) is 0 Å². The molecular weight excluding hydrogens is 305 g/mol. The quantitative estimate of drug-likeness (QED) is 0.400. The molecule has 0 aliphatic carbocycles. The number of hydrogen-bond donors (Lipinski definition) is 0. The first-order chi connectivity index (χ1) is 1.00. The average molecular weight is 316 g/mol. The van der Waals surface area contributed by atoms with Gasteiger partial charge in [-0.25, -0.2) is 0 Å². The Labute approximate surface area is 55.4 Å². The standard InChI is InChI=1S/Bi.5H2O.O.H/h;5*1H2;;. The molecule has 0 saturated carbocycles. The Hall–Kier alpha value is 0.483. The maximum absolute atomic E-state index is 8.39. The van der Waals surface area contributed by atoms with Crippen LogP contribution in [0.1, 0.15) is 0 Å². The van der Waals surface area contributed by atoms with Crippen LogP contribution >= 0.6 is 0 Å². The molecule has 0 aromatic rings. The summed E-state index contributed by atoms with van der Waals surface area (Å²) < 4.78 is 8.39. The zero-order valence-electron chi connectivity index (χ0n) is 3.41. The summed E-state index contributed by atoms with van der Waals surface area (Å²) in [6.07, 6.45) is 0. The molecule has 0 spiro atoms. The van der Waals surface area contributed by atoms with Crippen LogP contribution in [0.15, 0.2) is 0 Å². The van der Waals surface area contributed by atoms with Gasteiger partial charge in [0, 0.05) is 0 Å². The summed E-state index contributed by atoms with van der Waals surface area (Å²) in [5.41, 5.74) is 0. The van der Waals surface area contributed by atoms with E-state index in [4.69, 9.17) is 2.81 Å². The molecule has 0 atom stereocenters. The number of hydrogen-bond acceptors (Lipinski definition) is 1. The van der Waals surface area contributed by atoms with Gasteiger partial charge in [0.25, 0.3) is 0 Å². The first-order valence-electron chi connectivity index (χ1n) is 0.204. The number of rotatable bonds is 0. The van der Waals surface area contributed by atoms with Crippen LogP contribution in [0.3, 0.4) is 0 Å². The zero-order chi connectivity index (χ0) is 2.00. The van der Waals surface area contributed by atoms with E-state index in [0.29, 0.717) is 0 Å². The molecule has 0 aliphatic heterocycles. The van der Waals surface area contributed by atoms with Crippen LogP contribution in [0, 0.1) is 0 Å². The van der Waals surface area contributed by atoms with E-state index in [0.717, 1.165) is 0 Å². The van der Waals surface area contributed by atoms with E-state index in [-0.39, 0.29) is 52.1 Å². The fraction of sp³-hybridized carbons (Fsp3) is 0. The SMILES string of the molecule is O.O.O.O.O.[O]=[BiH]. The van der Waals surface area contributed by atoms with Crippen molar-refractivity contribution in [1.82, 2.24) is 0 Å². The molecule has 0 fully saturated rings. The molecule has 0 radical (unpaired) electrons. The molecule has 7 heteroatoms. The van der Waals surface area contributed by atoms with E-state index in [1.54, 1.807) is 0 Å². The Kier molecular flexibility index (Phi) is 17100. The molecule has 0 rings (SSSR count). The van der Waals surface area contributed by atoms with Crippen LogP contribution in [-0.2, 0) is 2.81 Å². The van der Waals surface area contributed by atoms with Gasteiger partial charge in [0.05, 0.1) is 0 Å². The molecule has 0 aliphatic rings. The van der Waals surface area contributed by atoms with Crippen molar-refractivity contribution in [3.8, 4) is 0 Å². The van der Waals surface area contributed by atoms with Crippen molar-refractivity contribution < 1.29 is 30.2 Å². The van der Waals surface area contributed by atoms with E-state index in [1.165, 1.54) is 0 Å². The van der Waals surface area contributed by atoms with Crippen LogP contribution in [0.4, 0.5) is 0 Å². The third-order valence-electron chi connectivity index (χ3n) is 0. The van der Waals surface area contributed by atoms with Gasteiger partial charge in [-0.3, -0.25) is 0 Å². The summed E-state index contributed by atoms with van der Waals surface area (Å²) in [5.74, 6) is 0. The Morgan fingerprint density at radius 3 is 0.571 bits per heavy atom. The fourth-order valence-electron chi connectivity index (χ4n) is 0. The Bertz CT molecular complexity index is 4.14.